The fraction of sp³-hybridized carbons (Fsp3) is 0.375. The number of piperidine rings is 1. The van der Waals surface area contributed by atoms with Gasteiger partial charge in [-0.2, -0.15) is 0 Å². The van der Waals surface area contributed by atoms with E-state index in [2.05, 4.69) is 0 Å². The molecule has 1 saturated heterocycles. The van der Waals surface area contributed by atoms with Crippen LogP contribution >= 0.6 is 11.6 Å². The number of nitrogens with two attached hydrogens (primary N) is 1. The number of aliphatic hydroxyl groups excluding tert-OH is 2. The predicted molar refractivity (Wildman–Crippen MR) is 123 cm³/mol. The first-order valence-corrected chi connectivity index (χ1v) is 11.1. The number of halogens is 1. The maximum atomic E-state index is 11.5. The summed E-state index contributed by atoms with van der Waals surface area (Å²) in [7, 11) is 1.92. The lowest BCUT2D eigenvalue weighted by Crippen LogP contribution is -2.46. The van der Waals surface area contributed by atoms with Crippen LogP contribution in [0.25, 0.3) is 10.9 Å². The molecule has 1 amide bonds. The van der Waals surface area contributed by atoms with Gasteiger partial charge < -0.3 is 25.3 Å². The Morgan fingerprint density at radius 3 is 2.47 bits per heavy atom. The minimum atomic E-state index is -1.14. The molecule has 4 N–H and O–H groups in total. The molecule has 1 aliphatic rings. The second-order valence-corrected chi connectivity index (χ2v) is 8.69. The molecule has 7 nitrogen and oxygen atoms in total. The van der Waals surface area contributed by atoms with Crippen molar-refractivity contribution in [1.29, 1.82) is 0 Å². The van der Waals surface area contributed by atoms with Crippen LogP contribution < -0.4 is 10.5 Å². The summed E-state index contributed by atoms with van der Waals surface area (Å²) in [4.78, 5) is 13.3. The van der Waals surface area contributed by atoms with E-state index in [9.17, 15) is 15.0 Å². The van der Waals surface area contributed by atoms with Gasteiger partial charge in [0.1, 0.15) is 24.7 Å². The average Bonchev–Trinajstić information content (AvgIpc) is 3.09. The Bertz CT molecular complexity index is 1090. The maximum absolute atomic E-state index is 11.5. The molecule has 1 fully saturated rings. The zero-order valence-corrected chi connectivity index (χ0v) is 18.7. The van der Waals surface area contributed by atoms with Crippen LogP contribution in [0.3, 0.4) is 0 Å². The summed E-state index contributed by atoms with van der Waals surface area (Å²) in [5, 5.41) is 23.8. The number of carbonyl (C=O) groups excluding carboxylic acids is 1. The Morgan fingerprint density at radius 1 is 1.16 bits per heavy atom. The van der Waals surface area contributed by atoms with Crippen molar-refractivity contribution in [2.75, 3.05) is 13.1 Å². The lowest BCUT2D eigenvalue weighted by molar-refractivity contribution is -0.127. The number of amides is 1. The number of ether oxygens (including phenoxy) is 1. The molecule has 2 unspecified atom stereocenters. The third-order valence-corrected chi connectivity index (χ3v) is 6.60. The SMILES string of the molecule is Cn1c(COc2ccc(Cl)cc2)c(C(O)C(O)N2CCC(C(N)=O)CC2)c2ccccc21. The molecule has 32 heavy (non-hydrogen) atoms. The summed E-state index contributed by atoms with van der Waals surface area (Å²) in [6.45, 7) is 1.20. The van der Waals surface area contributed by atoms with Gasteiger partial charge in [-0.3, -0.25) is 9.69 Å². The van der Waals surface area contributed by atoms with Gasteiger partial charge in [0.2, 0.25) is 5.91 Å². The molecule has 170 valence electrons. The van der Waals surface area contributed by atoms with Gasteiger partial charge in [-0.1, -0.05) is 29.8 Å². The van der Waals surface area contributed by atoms with E-state index in [0.717, 1.165) is 16.6 Å². The van der Waals surface area contributed by atoms with Crippen LogP contribution in [0.1, 0.15) is 30.2 Å². The van der Waals surface area contributed by atoms with Crippen LogP contribution in [0.15, 0.2) is 48.5 Å². The summed E-state index contributed by atoms with van der Waals surface area (Å²) in [6.07, 6.45) is -1.11. The summed E-state index contributed by atoms with van der Waals surface area (Å²) in [5.74, 6) is 0.168. The van der Waals surface area contributed by atoms with Gasteiger partial charge in [-0.25, -0.2) is 0 Å². The number of likely N-dealkylation sites (tertiary alicyclic amines) is 1. The highest BCUT2D eigenvalue weighted by Gasteiger charge is 2.33. The number of primary amides is 1. The highest BCUT2D eigenvalue weighted by Crippen LogP contribution is 2.34. The number of aliphatic hydroxyl groups is 2. The van der Waals surface area contributed by atoms with Gasteiger partial charge in [-0.05, 0) is 43.2 Å². The molecule has 4 rings (SSSR count). The maximum Gasteiger partial charge on any atom is 0.220 e. The number of rotatable bonds is 7. The summed E-state index contributed by atoms with van der Waals surface area (Å²) in [6, 6.07) is 14.9. The van der Waals surface area contributed by atoms with E-state index in [-0.39, 0.29) is 18.4 Å². The quantitative estimate of drug-likeness (QED) is 0.506. The van der Waals surface area contributed by atoms with E-state index in [0.29, 0.717) is 42.3 Å². The molecular weight excluding hydrogens is 430 g/mol. The number of para-hydroxylation sites is 1. The first-order valence-electron chi connectivity index (χ1n) is 10.7. The van der Waals surface area contributed by atoms with Crippen molar-refractivity contribution in [2.24, 2.45) is 18.7 Å². The fourth-order valence-corrected chi connectivity index (χ4v) is 4.59. The molecular formula is C24H28ClN3O4. The minimum Gasteiger partial charge on any atom is -0.487 e. The number of benzene rings is 2. The Balaban J connectivity index is 1.61. The van der Waals surface area contributed by atoms with E-state index in [1.54, 1.807) is 29.2 Å². The average molecular weight is 458 g/mol. The van der Waals surface area contributed by atoms with Gasteiger partial charge in [0.05, 0.1) is 5.69 Å². The fourth-order valence-electron chi connectivity index (χ4n) is 4.46. The molecule has 0 radical (unpaired) electrons. The van der Waals surface area contributed by atoms with Gasteiger partial charge in [0.25, 0.3) is 0 Å². The minimum absolute atomic E-state index is 0.184. The van der Waals surface area contributed by atoms with Crippen LogP contribution in [0, 0.1) is 5.92 Å². The van der Waals surface area contributed by atoms with E-state index < -0.39 is 12.3 Å². The number of hydrogen-bond donors (Lipinski definition) is 3. The summed E-state index contributed by atoms with van der Waals surface area (Å²) in [5.41, 5.74) is 7.78. The normalized spacial score (nSPS) is 17.4. The molecule has 0 bridgehead atoms. The molecule has 2 aromatic carbocycles. The van der Waals surface area contributed by atoms with Gasteiger partial charge >= 0.3 is 0 Å². The van der Waals surface area contributed by atoms with Crippen molar-refractivity contribution in [3.8, 4) is 5.75 Å². The highest BCUT2D eigenvalue weighted by molar-refractivity contribution is 6.30. The number of carbonyl (C=O) groups is 1. The molecule has 8 heteroatoms. The standard InChI is InChI=1S/C24H28ClN3O4/c1-27-19-5-3-2-4-18(19)21(20(27)14-32-17-8-6-16(25)7-9-17)22(29)24(31)28-12-10-15(11-13-28)23(26)30/h2-9,15,22,24,29,31H,10-14H2,1H3,(H2,26,30). The molecule has 0 spiro atoms. The van der Waals surface area contributed by atoms with E-state index >= 15 is 0 Å². The van der Waals surface area contributed by atoms with Crippen molar-refractivity contribution >= 4 is 28.4 Å². The van der Waals surface area contributed by atoms with Crippen molar-refractivity contribution < 1.29 is 19.7 Å². The van der Waals surface area contributed by atoms with Crippen LogP contribution in [0.2, 0.25) is 5.02 Å². The van der Waals surface area contributed by atoms with E-state index in [4.69, 9.17) is 22.1 Å². The second kappa shape index (κ2) is 9.50. The molecule has 1 aliphatic heterocycles. The monoisotopic (exact) mass is 457 g/mol. The third kappa shape index (κ3) is 4.47. The Morgan fingerprint density at radius 2 is 1.81 bits per heavy atom. The number of aryl methyl sites for hydroxylation is 1. The van der Waals surface area contributed by atoms with Gasteiger partial charge in [-0.15, -0.1) is 0 Å². The molecule has 2 heterocycles. The number of nitrogens with zero attached hydrogens (tertiary/aromatic N) is 2. The van der Waals surface area contributed by atoms with Crippen LogP contribution in [0.5, 0.6) is 5.75 Å². The van der Waals surface area contributed by atoms with Crippen LogP contribution in [0.4, 0.5) is 0 Å². The van der Waals surface area contributed by atoms with E-state index in [1.807, 2.05) is 35.9 Å². The Hall–Kier alpha value is -2.58. The number of hydrogen-bond acceptors (Lipinski definition) is 5. The van der Waals surface area contributed by atoms with Crippen molar-refractivity contribution in [3.05, 3.63) is 64.8 Å². The Kier molecular flexibility index (Phi) is 6.71. The molecule has 2 atom stereocenters. The number of aromatic nitrogens is 1. The first kappa shape index (κ1) is 22.6. The first-order chi connectivity index (χ1) is 15.4. The largest absolute Gasteiger partial charge is 0.487 e. The van der Waals surface area contributed by atoms with Crippen molar-refractivity contribution in [3.63, 3.8) is 0 Å². The zero-order chi connectivity index (χ0) is 22.8. The molecule has 1 aromatic heterocycles. The lowest BCUT2D eigenvalue weighted by Gasteiger charge is -2.36. The second-order valence-electron chi connectivity index (χ2n) is 8.25. The zero-order valence-electron chi connectivity index (χ0n) is 17.9. The third-order valence-electron chi connectivity index (χ3n) is 6.34. The number of fused-ring (bicyclic) bond motifs is 1. The lowest BCUT2D eigenvalue weighted by atomic mass is 9.95. The van der Waals surface area contributed by atoms with Crippen molar-refractivity contribution in [2.45, 2.75) is 31.8 Å². The summed E-state index contributed by atoms with van der Waals surface area (Å²) < 4.78 is 7.96. The van der Waals surface area contributed by atoms with Gasteiger partial charge in [0.15, 0.2) is 0 Å². The van der Waals surface area contributed by atoms with Crippen LogP contribution in [-0.4, -0.2) is 44.9 Å². The predicted octanol–water partition coefficient (Wildman–Crippen LogP) is 2.96. The van der Waals surface area contributed by atoms with E-state index in [1.165, 1.54) is 0 Å². The van der Waals surface area contributed by atoms with Crippen LogP contribution in [-0.2, 0) is 18.4 Å². The molecule has 0 aliphatic carbocycles. The Labute approximate surface area is 191 Å². The summed E-state index contributed by atoms with van der Waals surface area (Å²) >= 11 is 5.96. The topological polar surface area (TPSA) is 101 Å². The highest BCUT2D eigenvalue weighted by atomic mass is 35.5. The smallest absolute Gasteiger partial charge is 0.220 e. The molecule has 3 aromatic rings. The van der Waals surface area contributed by atoms with Gasteiger partial charge in [0, 0.05) is 47.5 Å². The van der Waals surface area contributed by atoms with Crippen molar-refractivity contribution in [1.82, 2.24) is 9.47 Å². The molecule has 0 saturated carbocycles.